The van der Waals surface area contributed by atoms with E-state index in [1.165, 1.54) is 4.90 Å². The van der Waals surface area contributed by atoms with E-state index in [0.717, 1.165) is 34.9 Å². The topological polar surface area (TPSA) is 108 Å². The summed E-state index contributed by atoms with van der Waals surface area (Å²) in [6, 6.07) is 14.6. The first-order chi connectivity index (χ1) is 15.7. The fraction of sp³-hybridized carbons (Fsp3) is 0.320. The third kappa shape index (κ3) is 4.40. The molecule has 172 valence electrons. The molecule has 3 aromatic rings. The van der Waals surface area contributed by atoms with Gasteiger partial charge in [-0.25, -0.2) is 4.68 Å². The highest BCUT2D eigenvalue weighted by atomic mass is 16.4. The Balaban J connectivity index is 1.40. The number of hydrogen-bond acceptors (Lipinski definition) is 5. The Bertz CT molecular complexity index is 1160. The Morgan fingerprint density at radius 2 is 1.85 bits per heavy atom. The minimum Gasteiger partial charge on any atom is -0.380 e. The number of aliphatic hydroxyl groups is 2. The zero-order valence-electron chi connectivity index (χ0n) is 18.9. The molecule has 4 rings (SSSR count). The van der Waals surface area contributed by atoms with Gasteiger partial charge in [-0.05, 0) is 61.2 Å². The number of aromatic nitrogens is 2. The van der Waals surface area contributed by atoms with Gasteiger partial charge in [-0.1, -0.05) is 30.3 Å². The number of aryl methyl sites for hydroxylation is 1. The average Bonchev–Trinajstić information content (AvgIpc) is 3.49. The van der Waals surface area contributed by atoms with E-state index in [2.05, 4.69) is 10.4 Å². The largest absolute Gasteiger partial charge is 0.380 e. The first kappa shape index (κ1) is 22.7. The van der Waals surface area contributed by atoms with Crippen molar-refractivity contribution in [2.45, 2.75) is 51.6 Å². The second-order valence-corrected chi connectivity index (χ2v) is 8.69. The number of aliphatic hydroxyl groups excluding tert-OH is 1. The third-order valence-corrected chi connectivity index (χ3v) is 6.26. The molecular weight excluding hydrogens is 420 g/mol. The van der Waals surface area contributed by atoms with Gasteiger partial charge in [0.15, 0.2) is 11.7 Å². The first-order valence-corrected chi connectivity index (χ1v) is 10.9. The summed E-state index contributed by atoms with van der Waals surface area (Å²) in [6.45, 7) is 5.58. The highest BCUT2D eigenvalue weighted by Gasteiger charge is 2.45. The summed E-state index contributed by atoms with van der Waals surface area (Å²) in [5.74, 6) is -1.50. The summed E-state index contributed by atoms with van der Waals surface area (Å²) in [5, 5.41) is 28.3. The van der Waals surface area contributed by atoms with Crippen LogP contribution in [0.4, 0.5) is 0 Å². The SMILES string of the molecule is Cc1cccc2c1CN(C(=O)C(O)[C@@](C)(O)C(=O)N[C@H](C)c1ccc(-n3cccn3)cc1)C2. The summed E-state index contributed by atoms with van der Waals surface area (Å²) in [5.41, 5.74) is 2.50. The van der Waals surface area contributed by atoms with Gasteiger partial charge in [0.2, 0.25) is 0 Å². The molecule has 0 spiro atoms. The number of hydrogen-bond donors (Lipinski definition) is 3. The van der Waals surface area contributed by atoms with Crippen molar-refractivity contribution in [1.29, 1.82) is 0 Å². The summed E-state index contributed by atoms with van der Waals surface area (Å²) in [4.78, 5) is 27.2. The van der Waals surface area contributed by atoms with Gasteiger partial charge in [0, 0.05) is 25.5 Å². The Hall–Kier alpha value is -3.49. The van der Waals surface area contributed by atoms with Gasteiger partial charge in [0.25, 0.3) is 11.8 Å². The fourth-order valence-electron chi connectivity index (χ4n) is 4.05. The molecule has 8 heteroatoms. The molecule has 33 heavy (non-hydrogen) atoms. The van der Waals surface area contributed by atoms with Crippen LogP contribution in [0.1, 0.15) is 42.1 Å². The van der Waals surface area contributed by atoms with Crippen molar-refractivity contribution < 1.29 is 19.8 Å². The molecule has 2 aromatic carbocycles. The maximum absolute atomic E-state index is 12.9. The van der Waals surface area contributed by atoms with Crippen molar-refractivity contribution in [3.63, 3.8) is 0 Å². The lowest BCUT2D eigenvalue weighted by atomic mass is 9.95. The zero-order chi connectivity index (χ0) is 23.8. The molecule has 0 fully saturated rings. The van der Waals surface area contributed by atoms with Crippen LogP contribution in [0.15, 0.2) is 60.9 Å². The number of carbonyl (C=O) groups excluding carboxylic acids is 2. The average molecular weight is 449 g/mol. The molecule has 3 N–H and O–H groups in total. The van der Waals surface area contributed by atoms with E-state index in [-0.39, 0.29) is 0 Å². The number of benzene rings is 2. The molecule has 1 aliphatic rings. The van der Waals surface area contributed by atoms with Gasteiger partial charge < -0.3 is 20.4 Å². The minimum atomic E-state index is -2.29. The molecule has 8 nitrogen and oxygen atoms in total. The number of rotatable bonds is 6. The van der Waals surface area contributed by atoms with Gasteiger partial charge >= 0.3 is 0 Å². The zero-order valence-corrected chi connectivity index (χ0v) is 18.9. The van der Waals surface area contributed by atoms with Gasteiger partial charge in [-0.2, -0.15) is 5.10 Å². The van der Waals surface area contributed by atoms with Crippen LogP contribution in [0.25, 0.3) is 5.69 Å². The molecular formula is C25H28N4O4. The molecule has 1 aliphatic heterocycles. The van der Waals surface area contributed by atoms with E-state index in [4.69, 9.17) is 0 Å². The molecule has 0 saturated heterocycles. The number of fused-ring (bicyclic) bond motifs is 1. The molecule has 3 atom stereocenters. The Labute approximate surface area is 192 Å². The van der Waals surface area contributed by atoms with E-state index < -0.39 is 29.6 Å². The van der Waals surface area contributed by atoms with Crippen molar-refractivity contribution in [3.05, 3.63) is 83.2 Å². The van der Waals surface area contributed by atoms with Gasteiger partial charge in [0.05, 0.1) is 11.7 Å². The van der Waals surface area contributed by atoms with Crippen molar-refractivity contribution >= 4 is 11.8 Å². The number of nitrogens with zero attached hydrogens (tertiary/aromatic N) is 3. The summed E-state index contributed by atoms with van der Waals surface area (Å²) in [7, 11) is 0. The van der Waals surface area contributed by atoms with Gasteiger partial charge in [-0.15, -0.1) is 0 Å². The maximum Gasteiger partial charge on any atom is 0.255 e. The highest BCUT2D eigenvalue weighted by Crippen LogP contribution is 2.27. The molecule has 2 amide bonds. The standard InChI is InChI=1S/C25H28N4O4/c1-16-6-4-7-19-14-28(15-21(16)19)23(31)22(30)25(3,33)24(32)27-17(2)18-8-10-20(11-9-18)29-13-5-12-26-29/h4-13,17,22,30,33H,14-15H2,1-3H3,(H,27,32)/t17-,22?,25-/m1/s1. The van der Waals surface area contributed by atoms with Crippen molar-refractivity contribution in [2.24, 2.45) is 0 Å². The van der Waals surface area contributed by atoms with Crippen LogP contribution in [0.5, 0.6) is 0 Å². The molecule has 0 bridgehead atoms. The Kier molecular flexibility index (Phi) is 6.05. The van der Waals surface area contributed by atoms with Crippen molar-refractivity contribution in [1.82, 2.24) is 20.0 Å². The third-order valence-electron chi connectivity index (χ3n) is 6.26. The maximum atomic E-state index is 12.9. The monoisotopic (exact) mass is 448 g/mol. The van der Waals surface area contributed by atoms with E-state index in [0.29, 0.717) is 13.1 Å². The molecule has 0 aliphatic carbocycles. The van der Waals surface area contributed by atoms with E-state index >= 15 is 0 Å². The molecule has 0 radical (unpaired) electrons. The van der Waals surface area contributed by atoms with Crippen LogP contribution >= 0.6 is 0 Å². The molecule has 2 heterocycles. The van der Waals surface area contributed by atoms with Crippen LogP contribution in [0.2, 0.25) is 0 Å². The molecule has 1 aromatic heterocycles. The Morgan fingerprint density at radius 1 is 1.12 bits per heavy atom. The first-order valence-electron chi connectivity index (χ1n) is 10.9. The summed E-state index contributed by atoms with van der Waals surface area (Å²) >= 11 is 0. The van der Waals surface area contributed by atoms with Crippen molar-refractivity contribution in [3.8, 4) is 5.69 Å². The smallest absolute Gasteiger partial charge is 0.255 e. The molecule has 1 unspecified atom stereocenters. The Morgan fingerprint density at radius 3 is 2.48 bits per heavy atom. The summed E-state index contributed by atoms with van der Waals surface area (Å²) in [6.07, 6.45) is 1.63. The number of carbonyl (C=O) groups is 2. The van der Waals surface area contributed by atoms with Gasteiger partial charge in [-0.3, -0.25) is 9.59 Å². The van der Waals surface area contributed by atoms with Crippen molar-refractivity contribution in [2.75, 3.05) is 0 Å². The lowest BCUT2D eigenvalue weighted by Crippen LogP contribution is -2.58. The number of nitrogens with one attached hydrogen (secondary N) is 1. The van der Waals surface area contributed by atoms with E-state index in [9.17, 15) is 19.8 Å². The lowest BCUT2D eigenvalue weighted by Gasteiger charge is -2.31. The van der Waals surface area contributed by atoms with Crippen LogP contribution in [-0.4, -0.2) is 48.4 Å². The van der Waals surface area contributed by atoms with Gasteiger partial charge in [0.1, 0.15) is 0 Å². The predicted molar refractivity (Wildman–Crippen MR) is 122 cm³/mol. The predicted octanol–water partition coefficient (Wildman–Crippen LogP) is 2.01. The second kappa shape index (κ2) is 8.80. The van der Waals surface area contributed by atoms with E-state index in [1.807, 2.05) is 61.7 Å². The van der Waals surface area contributed by atoms with Crippen LogP contribution in [0, 0.1) is 6.92 Å². The fourth-order valence-corrected chi connectivity index (χ4v) is 4.05. The van der Waals surface area contributed by atoms with Crippen LogP contribution < -0.4 is 5.32 Å². The van der Waals surface area contributed by atoms with Crippen LogP contribution in [-0.2, 0) is 22.7 Å². The minimum absolute atomic E-state index is 0.337. The summed E-state index contributed by atoms with van der Waals surface area (Å²) < 4.78 is 1.72. The van der Waals surface area contributed by atoms with E-state index in [1.54, 1.807) is 17.8 Å². The molecule has 0 saturated carbocycles. The normalized spacial score (nSPS) is 16.6. The lowest BCUT2D eigenvalue weighted by molar-refractivity contribution is -0.166. The van der Waals surface area contributed by atoms with Crippen LogP contribution in [0.3, 0.4) is 0 Å². The quantitative estimate of drug-likeness (QED) is 0.535. The second-order valence-electron chi connectivity index (χ2n) is 8.69. The highest BCUT2D eigenvalue weighted by molar-refractivity contribution is 5.94. The number of amides is 2.